The first-order valence-corrected chi connectivity index (χ1v) is 6.45. The van der Waals surface area contributed by atoms with Gasteiger partial charge in [0, 0.05) is 5.41 Å². The molecule has 0 amide bonds. The Morgan fingerprint density at radius 1 is 1.07 bits per heavy atom. The van der Waals surface area contributed by atoms with Crippen molar-refractivity contribution in [2.75, 3.05) is 0 Å². The third-order valence-corrected chi connectivity index (χ3v) is 5.73. The second-order valence-corrected chi connectivity index (χ2v) is 6.24. The van der Waals surface area contributed by atoms with Crippen LogP contribution in [0.1, 0.15) is 58.3 Å². The summed E-state index contributed by atoms with van der Waals surface area (Å²) in [5, 5.41) is 11.0. The van der Waals surface area contributed by atoms with Crippen LogP contribution in [0.15, 0.2) is 12.2 Å². The molecule has 3 atom stereocenters. The molecule has 0 radical (unpaired) electrons. The lowest BCUT2D eigenvalue weighted by molar-refractivity contribution is -0.0144. The minimum atomic E-state index is -0.528. The summed E-state index contributed by atoms with van der Waals surface area (Å²) in [7, 11) is 0. The van der Waals surface area contributed by atoms with E-state index in [0.717, 1.165) is 12.0 Å². The van der Waals surface area contributed by atoms with E-state index < -0.39 is 5.60 Å². The Morgan fingerprint density at radius 2 is 1.73 bits per heavy atom. The third kappa shape index (κ3) is 0.939. The van der Waals surface area contributed by atoms with Crippen molar-refractivity contribution in [2.45, 2.75) is 63.9 Å². The molecule has 84 valence electrons. The van der Waals surface area contributed by atoms with Crippen LogP contribution in [0, 0.1) is 10.8 Å². The van der Waals surface area contributed by atoms with E-state index in [1.165, 1.54) is 44.9 Å². The van der Waals surface area contributed by atoms with Crippen LogP contribution in [-0.4, -0.2) is 10.7 Å². The molecule has 0 saturated heterocycles. The fourth-order valence-electron chi connectivity index (χ4n) is 4.89. The predicted molar refractivity (Wildman–Crippen MR) is 61.6 cm³/mol. The number of rotatable bonds is 1. The lowest BCUT2D eigenvalue weighted by atomic mass is 9.73. The van der Waals surface area contributed by atoms with Crippen LogP contribution >= 0.6 is 0 Å². The van der Waals surface area contributed by atoms with Crippen molar-refractivity contribution < 1.29 is 5.11 Å². The highest BCUT2D eigenvalue weighted by Gasteiger charge is 2.77. The Bertz CT molecular complexity index is 321. The van der Waals surface area contributed by atoms with Crippen LogP contribution in [0.4, 0.5) is 0 Å². The molecule has 0 aromatic heterocycles. The molecule has 1 nitrogen and oxygen atoms in total. The minimum Gasteiger partial charge on any atom is -0.385 e. The smallest absolute Gasteiger partial charge is 0.0912 e. The summed E-state index contributed by atoms with van der Waals surface area (Å²) in [6.07, 6.45) is 10.1. The second kappa shape index (κ2) is 2.68. The van der Waals surface area contributed by atoms with E-state index in [1.54, 1.807) is 0 Å². The van der Waals surface area contributed by atoms with E-state index in [0.29, 0.717) is 5.41 Å². The van der Waals surface area contributed by atoms with Gasteiger partial charge in [0.2, 0.25) is 0 Å². The third-order valence-electron chi connectivity index (χ3n) is 5.73. The van der Waals surface area contributed by atoms with Gasteiger partial charge in [0.05, 0.1) is 5.60 Å². The zero-order valence-corrected chi connectivity index (χ0v) is 9.81. The normalized spacial score (nSPS) is 52.9. The number of aliphatic hydroxyl groups is 1. The highest BCUT2D eigenvalue weighted by molar-refractivity contribution is 5.33. The van der Waals surface area contributed by atoms with Crippen LogP contribution < -0.4 is 0 Å². The molecule has 1 N–H and O–H groups in total. The maximum absolute atomic E-state index is 11.0. The van der Waals surface area contributed by atoms with Gasteiger partial charge in [0.1, 0.15) is 0 Å². The predicted octanol–water partition coefficient (Wildman–Crippen LogP) is 3.43. The first kappa shape index (κ1) is 9.89. The molecule has 0 aliphatic heterocycles. The van der Waals surface area contributed by atoms with Crippen LogP contribution in [0.3, 0.4) is 0 Å². The van der Waals surface area contributed by atoms with Gasteiger partial charge < -0.3 is 5.11 Å². The lowest BCUT2D eigenvalue weighted by Gasteiger charge is -2.37. The van der Waals surface area contributed by atoms with Crippen LogP contribution in [-0.2, 0) is 0 Å². The van der Waals surface area contributed by atoms with E-state index in [9.17, 15) is 5.11 Å². The van der Waals surface area contributed by atoms with Gasteiger partial charge >= 0.3 is 0 Å². The van der Waals surface area contributed by atoms with Crippen LogP contribution in [0.25, 0.3) is 0 Å². The quantitative estimate of drug-likeness (QED) is 0.652. The molecule has 3 aliphatic rings. The van der Waals surface area contributed by atoms with Crippen molar-refractivity contribution in [3.05, 3.63) is 12.2 Å². The highest BCUT2D eigenvalue weighted by atomic mass is 16.3. The molecule has 15 heavy (non-hydrogen) atoms. The Labute approximate surface area is 92.6 Å². The molecule has 0 aromatic carbocycles. The summed E-state index contributed by atoms with van der Waals surface area (Å²) in [5.74, 6) is 0. The highest BCUT2D eigenvalue weighted by Crippen LogP contribution is 2.81. The summed E-state index contributed by atoms with van der Waals surface area (Å²) in [6, 6.07) is 0. The average Bonchev–Trinajstić information content (AvgIpc) is 2.73. The molecule has 0 bridgehead atoms. The molecule has 1 heteroatoms. The van der Waals surface area contributed by atoms with Gasteiger partial charge in [-0.1, -0.05) is 25.8 Å². The van der Waals surface area contributed by atoms with Crippen molar-refractivity contribution >= 4 is 0 Å². The van der Waals surface area contributed by atoms with Crippen LogP contribution in [0.5, 0.6) is 0 Å². The van der Waals surface area contributed by atoms with Crippen molar-refractivity contribution in [3.63, 3.8) is 0 Å². The van der Waals surface area contributed by atoms with Crippen molar-refractivity contribution in [1.82, 2.24) is 0 Å². The molecule has 3 rings (SSSR count). The first-order valence-electron chi connectivity index (χ1n) is 6.45. The van der Waals surface area contributed by atoms with Gasteiger partial charge in [-0.3, -0.25) is 0 Å². The SMILES string of the molecule is C=C(C)C1(O)CCCC[C@]23CCC[C@]12C3. The van der Waals surface area contributed by atoms with E-state index in [2.05, 4.69) is 6.58 Å². The Kier molecular flexibility index (Phi) is 1.77. The standard InChI is InChI=1S/C14H22O/c1-11(2)14(15)9-4-3-6-12-7-5-8-13(12,14)10-12/h15H,1,3-10H2,2H3/t12-,13-,14?/m1/s1. The molecular weight excluding hydrogens is 184 g/mol. The summed E-state index contributed by atoms with van der Waals surface area (Å²) >= 11 is 0. The van der Waals surface area contributed by atoms with E-state index in [1.807, 2.05) is 6.92 Å². The van der Waals surface area contributed by atoms with Gasteiger partial charge in [0.25, 0.3) is 0 Å². The molecule has 1 unspecified atom stereocenters. The fourth-order valence-corrected chi connectivity index (χ4v) is 4.89. The summed E-state index contributed by atoms with van der Waals surface area (Å²) in [6.45, 7) is 6.10. The Balaban J connectivity index is 2.05. The van der Waals surface area contributed by atoms with E-state index >= 15 is 0 Å². The lowest BCUT2D eigenvalue weighted by Crippen LogP contribution is -2.41. The Morgan fingerprint density at radius 3 is 2.47 bits per heavy atom. The van der Waals surface area contributed by atoms with Crippen molar-refractivity contribution in [1.29, 1.82) is 0 Å². The van der Waals surface area contributed by atoms with Gasteiger partial charge in [-0.25, -0.2) is 0 Å². The molecular formula is C14H22O. The molecule has 3 saturated carbocycles. The summed E-state index contributed by atoms with van der Waals surface area (Å²) < 4.78 is 0. The maximum atomic E-state index is 11.0. The van der Waals surface area contributed by atoms with Gasteiger partial charge in [0.15, 0.2) is 0 Å². The summed E-state index contributed by atoms with van der Waals surface area (Å²) in [5.41, 5.74) is 1.27. The van der Waals surface area contributed by atoms with Crippen LogP contribution in [0.2, 0.25) is 0 Å². The van der Waals surface area contributed by atoms with Gasteiger partial charge in [-0.15, -0.1) is 0 Å². The molecule has 0 aromatic rings. The Hall–Kier alpha value is -0.300. The molecule has 3 fully saturated rings. The van der Waals surface area contributed by atoms with Crippen molar-refractivity contribution in [2.24, 2.45) is 10.8 Å². The largest absolute Gasteiger partial charge is 0.385 e. The zero-order valence-electron chi connectivity index (χ0n) is 9.81. The number of hydrogen-bond acceptors (Lipinski definition) is 1. The second-order valence-electron chi connectivity index (χ2n) is 6.24. The van der Waals surface area contributed by atoms with E-state index in [-0.39, 0.29) is 5.41 Å². The van der Waals surface area contributed by atoms with Gasteiger partial charge in [-0.05, 0) is 50.0 Å². The first-order chi connectivity index (χ1) is 7.06. The monoisotopic (exact) mass is 206 g/mol. The maximum Gasteiger partial charge on any atom is 0.0912 e. The molecule has 0 spiro atoms. The fraction of sp³-hybridized carbons (Fsp3) is 0.857. The van der Waals surface area contributed by atoms with Gasteiger partial charge in [-0.2, -0.15) is 0 Å². The topological polar surface area (TPSA) is 20.2 Å². The summed E-state index contributed by atoms with van der Waals surface area (Å²) in [4.78, 5) is 0. The average molecular weight is 206 g/mol. The molecule has 0 heterocycles. The van der Waals surface area contributed by atoms with Crippen molar-refractivity contribution in [3.8, 4) is 0 Å². The zero-order chi connectivity index (χ0) is 10.7. The number of hydrogen-bond donors (Lipinski definition) is 1. The molecule has 3 aliphatic carbocycles. The minimum absolute atomic E-state index is 0.252. The van der Waals surface area contributed by atoms with E-state index in [4.69, 9.17) is 0 Å².